The first kappa shape index (κ1) is 13.0. The lowest BCUT2D eigenvalue weighted by atomic mass is 10.3. The molecule has 0 amide bonds. The van der Waals surface area contributed by atoms with Crippen molar-refractivity contribution in [3.63, 3.8) is 0 Å². The Labute approximate surface area is 122 Å². The monoisotopic (exact) mass is 350 g/mol. The summed E-state index contributed by atoms with van der Waals surface area (Å²) in [4.78, 5) is 4.17. The first-order valence-electron chi connectivity index (χ1n) is 4.60. The van der Waals surface area contributed by atoms with Crippen LogP contribution in [-0.4, -0.2) is 4.98 Å². The molecule has 2 aromatic rings. The van der Waals surface area contributed by atoms with Crippen LogP contribution in [-0.2, 0) is 0 Å². The summed E-state index contributed by atoms with van der Waals surface area (Å²) in [6.45, 7) is 0. The normalized spacial score (nSPS) is 10.4. The zero-order chi connectivity index (χ0) is 12.4. The van der Waals surface area contributed by atoms with E-state index in [2.05, 4.69) is 26.2 Å². The van der Waals surface area contributed by atoms with Crippen molar-refractivity contribution in [3.8, 4) is 0 Å². The van der Waals surface area contributed by atoms with Crippen LogP contribution in [0, 0.1) is 0 Å². The van der Waals surface area contributed by atoms with Crippen molar-refractivity contribution in [2.75, 3.05) is 5.32 Å². The van der Waals surface area contributed by atoms with Crippen molar-refractivity contribution < 1.29 is 0 Å². The fraction of sp³-hybridized carbons (Fsp3) is 0. The van der Waals surface area contributed by atoms with E-state index in [1.165, 1.54) is 0 Å². The van der Waals surface area contributed by atoms with Gasteiger partial charge < -0.3 is 5.32 Å². The van der Waals surface area contributed by atoms with E-state index < -0.39 is 0 Å². The summed E-state index contributed by atoms with van der Waals surface area (Å²) < 4.78 is 0.835. The van der Waals surface area contributed by atoms with E-state index in [9.17, 15) is 0 Å². The lowest BCUT2D eigenvalue weighted by Crippen LogP contribution is -1.95. The Balaban J connectivity index is 2.37. The van der Waals surface area contributed by atoms with E-state index in [4.69, 9.17) is 34.8 Å². The summed E-state index contributed by atoms with van der Waals surface area (Å²) in [5.74, 6) is 0.660. The molecule has 0 radical (unpaired) electrons. The molecule has 0 unspecified atom stereocenters. The highest BCUT2D eigenvalue weighted by atomic mass is 79.9. The molecule has 17 heavy (non-hydrogen) atoms. The summed E-state index contributed by atoms with van der Waals surface area (Å²) in [5.41, 5.74) is 0.653. The second kappa shape index (κ2) is 5.44. The highest BCUT2D eigenvalue weighted by Gasteiger charge is 2.08. The van der Waals surface area contributed by atoms with Gasteiger partial charge in [0.2, 0.25) is 0 Å². The minimum Gasteiger partial charge on any atom is -0.338 e. The van der Waals surface area contributed by atoms with Gasteiger partial charge in [0.25, 0.3) is 0 Å². The van der Waals surface area contributed by atoms with Crippen LogP contribution in [0.1, 0.15) is 0 Å². The summed E-state index contributed by atoms with van der Waals surface area (Å²) in [5, 5.41) is 4.41. The molecule has 0 aliphatic carbocycles. The van der Waals surface area contributed by atoms with Crippen LogP contribution in [0.3, 0.4) is 0 Å². The molecule has 0 bridgehead atoms. The van der Waals surface area contributed by atoms with Crippen LogP contribution in [0.4, 0.5) is 11.5 Å². The molecule has 0 saturated carbocycles. The van der Waals surface area contributed by atoms with E-state index >= 15 is 0 Å². The molecule has 1 aromatic heterocycles. The van der Waals surface area contributed by atoms with Gasteiger partial charge in [-0.25, -0.2) is 4.98 Å². The van der Waals surface area contributed by atoms with E-state index in [0.717, 1.165) is 4.47 Å². The van der Waals surface area contributed by atoms with Gasteiger partial charge in [-0.3, -0.25) is 0 Å². The van der Waals surface area contributed by atoms with Gasteiger partial charge in [-0.15, -0.1) is 0 Å². The average Bonchev–Trinajstić information content (AvgIpc) is 2.29. The third-order valence-corrected chi connectivity index (χ3v) is 3.70. The molecule has 0 aliphatic rings. The molecule has 88 valence electrons. The van der Waals surface area contributed by atoms with Gasteiger partial charge in [0.05, 0.1) is 25.2 Å². The van der Waals surface area contributed by atoms with Crippen molar-refractivity contribution in [2.24, 2.45) is 0 Å². The van der Waals surface area contributed by atoms with E-state index in [-0.39, 0.29) is 0 Å². The van der Waals surface area contributed by atoms with Crippen molar-refractivity contribution in [3.05, 3.63) is 50.0 Å². The fourth-order valence-electron chi connectivity index (χ4n) is 1.22. The Hall–Kier alpha value is -0.480. The van der Waals surface area contributed by atoms with Gasteiger partial charge in [0, 0.05) is 6.20 Å². The predicted molar refractivity (Wildman–Crippen MR) is 76.7 cm³/mol. The lowest BCUT2D eigenvalue weighted by Gasteiger charge is -2.10. The molecule has 0 atom stereocenters. The zero-order valence-electron chi connectivity index (χ0n) is 8.35. The molecule has 1 N–H and O–H groups in total. The van der Waals surface area contributed by atoms with Crippen molar-refractivity contribution in [2.45, 2.75) is 0 Å². The maximum Gasteiger partial charge on any atom is 0.144 e. The van der Waals surface area contributed by atoms with Crippen molar-refractivity contribution >= 4 is 62.2 Å². The standard InChI is InChI=1S/C11H6BrCl3N2/c12-6-2-1-3-16-11(6)17-10-5-8(14)7(13)4-9(10)15/h1-5H,(H,16,17). The van der Waals surface area contributed by atoms with Gasteiger partial charge in [-0.05, 0) is 40.2 Å². The van der Waals surface area contributed by atoms with Gasteiger partial charge in [0.15, 0.2) is 0 Å². The molecule has 0 aliphatic heterocycles. The van der Waals surface area contributed by atoms with Gasteiger partial charge in [-0.1, -0.05) is 34.8 Å². The number of aromatic nitrogens is 1. The number of halogens is 4. The van der Waals surface area contributed by atoms with Crippen molar-refractivity contribution in [1.82, 2.24) is 4.98 Å². The fourth-order valence-corrected chi connectivity index (χ4v) is 2.17. The maximum absolute atomic E-state index is 6.06. The summed E-state index contributed by atoms with van der Waals surface area (Å²) in [6, 6.07) is 6.95. The summed E-state index contributed by atoms with van der Waals surface area (Å²) in [6.07, 6.45) is 1.68. The first-order chi connectivity index (χ1) is 8.08. The SMILES string of the molecule is Clc1cc(Cl)c(Nc2ncccc2Br)cc1Cl. The van der Waals surface area contributed by atoms with E-state index in [1.807, 2.05) is 12.1 Å². The Bertz CT molecular complexity index is 560. The molecule has 6 heteroatoms. The Morgan fingerprint density at radius 1 is 1.06 bits per heavy atom. The largest absolute Gasteiger partial charge is 0.338 e. The molecule has 0 spiro atoms. The molecule has 0 fully saturated rings. The average molecular weight is 352 g/mol. The van der Waals surface area contributed by atoms with Gasteiger partial charge in [-0.2, -0.15) is 0 Å². The van der Waals surface area contributed by atoms with Crippen LogP contribution in [0.15, 0.2) is 34.9 Å². The number of nitrogens with zero attached hydrogens (tertiary/aromatic N) is 1. The molecule has 1 aromatic carbocycles. The molecular formula is C11H6BrCl3N2. The number of benzene rings is 1. The highest BCUT2D eigenvalue weighted by molar-refractivity contribution is 9.10. The topological polar surface area (TPSA) is 24.9 Å². The molecule has 2 rings (SSSR count). The van der Waals surface area contributed by atoms with Crippen LogP contribution in [0.25, 0.3) is 0 Å². The predicted octanol–water partition coefficient (Wildman–Crippen LogP) is 5.55. The number of pyridine rings is 1. The maximum atomic E-state index is 6.06. The second-order valence-corrected chi connectivity index (χ2v) is 5.28. The first-order valence-corrected chi connectivity index (χ1v) is 6.52. The van der Waals surface area contributed by atoms with Crippen LogP contribution in [0.2, 0.25) is 15.1 Å². The third kappa shape index (κ3) is 3.05. The van der Waals surface area contributed by atoms with Gasteiger partial charge >= 0.3 is 0 Å². The Morgan fingerprint density at radius 2 is 1.76 bits per heavy atom. The lowest BCUT2D eigenvalue weighted by molar-refractivity contribution is 1.29. The third-order valence-electron chi connectivity index (χ3n) is 2.02. The van der Waals surface area contributed by atoms with Crippen LogP contribution < -0.4 is 5.32 Å². The highest BCUT2D eigenvalue weighted by Crippen LogP contribution is 2.34. The summed E-state index contributed by atoms with van der Waals surface area (Å²) in [7, 11) is 0. The van der Waals surface area contributed by atoms with E-state index in [0.29, 0.717) is 26.6 Å². The van der Waals surface area contributed by atoms with Gasteiger partial charge in [0.1, 0.15) is 5.82 Å². The summed E-state index contributed by atoms with van der Waals surface area (Å²) >= 11 is 21.2. The number of nitrogens with one attached hydrogen (secondary N) is 1. The number of hydrogen-bond acceptors (Lipinski definition) is 2. The minimum absolute atomic E-state index is 0.419. The van der Waals surface area contributed by atoms with Crippen molar-refractivity contribution in [1.29, 1.82) is 0 Å². The second-order valence-electron chi connectivity index (χ2n) is 3.20. The van der Waals surface area contributed by atoms with Crippen LogP contribution in [0.5, 0.6) is 0 Å². The zero-order valence-corrected chi connectivity index (χ0v) is 12.2. The molecule has 0 saturated heterocycles. The van der Waals surface area contributed by atoms with Crippen LogP contribution >= 0.6 is 50.7 Å². The van der Waals surface area contributed by atoms with E-state index in [1.54, 1.807) is 18.3 Å². The minimum atomic E-state index is 0.419. The number of anilines is 2. The Morgan fingerprint density at radius 3 is 2.47 bits per heavy atom. The Kier molecular flexibility index (Phi) is 4.15. The molecule has 2 nitrogen and oxygen atoms in total. The number of rotatable bonds is 2. The number of hydrogen-bond donors (Lipinski definition) is 1. The molecule has 1 heterocycles. The smallest absolute Gasteiger partial charge is 0.144 e. The quantitative estimate of drug-likeness (QED) is 0.717. The molecular weight excluding hydrogens is 346 g/mol.